The zero-order valence-electron chi connectivity index (χ0n) is 6.52. The maximum absolute atomic E-state index is 2.52. The van der Waals surface area contributed by atoms with Crippen LogP contribution in [0.5, 0.6) is 0 Å². The van der Waals surface area contributed by atoms with Gasteiger partial charge in [-0.2, -0.15) is 0 Å². The Morgan fingerprint density at radius 3 is 2.23 bits per heavy atom. The van der Waals surface area contributed by atoms with Crippen LogP contribution in [0.1, 0.15) is 5.56 Å². The molecule has 68 valence electrons. The summed E-state index contributed by atoms with van der Waals surface area (Å²) >= 11 is 1.13. The number of hydrogen-bond acceptors (Lipinski definition) is 0. The summed E-state index contributed by atoms with van der Waals surface area (Å²) < 4.78 is 5.81. The molecule has 0 amide bonds. The molecule has 0 aromatic heterocycles. The molecule has 1 heterocycles. The molecule has 1 aliphatic rings. The fourth-order valence-electron chi connectivity index (χ4n) is 1.07. The molecule has 2 rings (SSSR count). The molecule has 1 aromatic rings. The standard InChI is InChI=1S/C8H5.Bi.3ClH.Zr.H/c1-2-8-6-4-3-5-7-8;;;;;;/h1,3-6H;;3*1H;;/q;;;;;+3;/p-3. The molecule has 0 atom stereocenters. The SMILES string of the molecule is [Cl-].[Cl-].[Cl-].[Zr+3][C]1=[CH][BiH][c]2ccccc21. The average molecular weight is 509 g/mol. The second-order valence-electron chi connectivity index (χ2n) is 2.25. The van der Waals surface area contributed by atoms with E-state index in [1.54, 1.807) is 36.8 Å². The van der Waals surface area contributed by atoms with Crippen LogP contribution >= 0.6 is 0 Å². The minimum absolute atomic E-state index is 0. The number of halogens is 3. The molecule has 0 N–H and O–H groups in total. The molecule has 13 heavy (non-hydrogen) atoms. The van der Waals surface area contributed by atoms with E-state index in [-0.39, 0.29) is 37.2 Å². The van der Waals surface area contributed by atoms with Crippen LogP contribution in [-0.4, -0.2) is 23.2 Å². The van der Waals surface area contributed by atoms with Gasteiger partial charge in [0.2, 0.25) is 0 Å². The Bertz CT molecular complexity index is 301. The van der Waals surface area contributed by atoms with Crippen molar-refractivity contribution in [3.8, 4) is 0 Å². The number of hydrogen-bond donors (Lipinski definition) is 0. The van der Waals surface area contributed by atoms with Crippen molar-refractivity contribution in [2.24, 2.45) is 0 Å². The van der Waals surface area contributed by atoms with E-state index in [0.717, 1.165) is 0 Å². The van der Waals surface area contributed by atoms with E-state index in [9.17, 15) is 0 Å². The maximum atomic E-state index is 2.52. The number of fused-ring (bicyclic) bond motifs is 1. The van der Waals surface area contributed by atoms with Crippen LogP contribution in [0.3, 0.4) is 0 Å². The summed E-state index contributed by atoms with van der Waals surface area (Å²) in [5.41, 5.74) is 1.56. The monoisotopic (exact) mass is 506 g/mol. The molecule has 0 unspecified atom stereocenters. The summed E-state index contributed by atoms with van der Waals surface area (Å²) in [4.78, 5) is 0. The first kappa shape index (κ1) is 17.0. The van der Waals surface area contributed by atoms with E-state index in [1.165, 1.54) is 0 Å². The van der Waals surface area contributed by atoms with Gasteiger partial charge in [0.25, 0.3) is 0 Å². The van der Waals surface area contributed by atoms with Crippen LogP contribution in [0, 0.1) is 0 Å². The summed E-state index contributed by atoms with van der Waals surface area (Å²) in [6.45, 7) is 0. The second kappa shape index (κ2) is 7.83. The molecule has 0 aliphatic carbocycles. The number of benzene rings is 1. The zero-order chi connectivity index (χ0) is 6.97. The van der Waals surface area contributed by atoms with E-state index < -0.39 is 23.2 Å². The molecule has 0 bridgehead atoms. The van der Waals surface area contributed by atoms with Crippen molar-refractivity contribution in [3.63, 3.8) is 0 Å². The summed E-state index contributed by atoms with van der Waals surface area (Å²) in [6, 6.07) is 8.86. The first-order valence-electron chi connectivity index (χ1n) is 3.15. The van der Waals surface area contributed by atoms with Crippen molar-refractivity contribution in [3.05, 3.63) is 33.6 Å². The predicted molar refractivity (Wildman–Crippen MR) is 41.2 cm³/mol. The average Bonchev–Trinajstić information content (AvgIpc) is 2.34. The summed E-state index contributed by atoms with van der Waals surface area (Å²) in [5, 5.41) is 0. The Morgan fingerprint density at radius 1 is 1.00 bits per heavy atom. The molecule has 0 saturated carbocycles. The van der Waals surface area contributed by atoms with Crippen LogP contribution in [0.2, 0.25) is 0 Å². The summed E-state index contributed by atoms with van der Waals surface area (Å²) in [7, 11) is 0. The van der Waals surface area contributed by atoms with Gasteiger partial charge in [-0.3, -0.25) is 0 Å². The van der Waals surface area contributed by atoms with E-state index >= 15 is 0 Å². The van der Waals surface area contributed by atoms with Crippen LogP contribution < -0.4 is 40.5 Å². The summed E-state index contributed by atoms with van der Waals surface area (Å²) in [5.74, 6) is 0. The van der Waals surface area contributed by atoms with Crippen molar-refractivity contribution in [1.82, 2.24) is 0 Å². The molecule has 1 aliphatic heterocycles. The normalized spacial score (nSPS) is 11.4. The van der Waals surface area contributed by atoms with E-state index in [2.05, 4.69) is 28.0 Å². The first-order chi connectivity index (χ1) is 4.88. The Morgan fingerprint density at radius 2 is 1.62 bits per heavy atom. The Hall–Kier alpha value is 1.60. The third-order valence-corrected chi connectivity index (χ3v) is 9.95. The van der Waals surface area contributed by atoms with Gasteiger partial charge in [0.1, 0.15) is 0 Å². The predicted octanol–water partition coefficient (Wildman–Crippen LogP) is -8.38. The Labute approximate surface area is 124 Å². The fraction of sp³-hybridized carbons (Fsp3) is 0. The quantitative estimate of drug-likeness (QED) is 0.306. The van der Waals surface area contributed by atoms with Crippen LogP contribution in [0.4, 0.5) is 0 Å². The minimum atomic E-state index is -0.453. The molecule has 5 heteroatoms. The van der Waals surface area contributed by atoms with Crippen molar-refractivity contribution in [2.45, 2.75) is 0 Å². The first-order valence-corrected chi connectivity index (χ1v) is 8.57. The number of rotatable bonds is 0. The third-order valence-electron chi connectivity index (χ3n) is 1.59. The van der Waals surface area contributed by atoms with E-state index in [1.807, 2.05) is 0 Å². The van der Waals surface area contributed by atoms with Gasteiger partial charge in [-0.25, -0.2) is 0 Å². The second-order valence-corrected chi connectivity index (χ2v) is 7.91. The third kappa shape index (κ3) is 3.92. The molecule has 0 fully saturated rings. The van der Waals surface area contributed by atoms with Crippen molar-refractivity contribution in [1.29, 1.82) is 0 Å². The fourth-order valence-corrected chi connectivity index (χ4v) is 8.33. The van der Waals surface area contributed by atoms with Crippen LogP contribution in [0.25, 0.3) is 3.28 Å². The topological polar surface area (TPSA) is 0 Å². The molecule has 0 spiro atoms. The van der Waals surface area contributed by atoms with Gasteiger partial charge in [-0.1, -0.05) is 0 Å². The molecule has 1 aromatic carbocycles. The van der Waals surface area contributed by atoms with Crippen molar-refractivity contribution in [2.75, 3.05) is 0 Å². The Kier molecular flexibility index (Phi) is 10.2. The Balaban J connectivity index is 0. The zero-order valence-corrected chi connectivity index (χ0v) is 15.1. The molecule has 0 nitrogen and oxygen atoms in total. The van der Waals surface area contributed by atoms with Gasteiger partial charge in [-0.15, -0.1) is 0 Å². The van der Waals surface area contributed by atoms with Gasteiger partial charge in [0, 0.05) is 0 Å². The van der Waals surface area contributed by atoms with Gasteiger partial charge >= 0.3 is 88.1 Å². The van der Waals surface area contributed by atoms with Gasteiger partial charge in [-0.05, 0) is 0 Å². The van der Waals surface area contributed by atoms with E-state index in [4.69, 9.17) is 0 Å². The van der Waals surface area contributed by atoms with Gasteiger partial charge in [0.05, 0.1) is 0 Å². The molecule has 0 saturated heterocycles. The van der Waals surface area contributed by atoms with Crippen molar-refractivity contribution >= 4 is 29.8 Å². The van der Waals surface area contributed by atoms with Crippen molar-refractivity contribution < 1.29 is 61.9 Å². The van der Waals surface area contributed by atoms with Gasteiger partial charge < -0.3 is 37.2 Å². The van der Waals surface area contributed by atoms with Crippen LogP contribution in [-0.2, 0) is 24.7 Å². The molecule has 0 radical (unpaired) electrons. The summed E-state index contributed by atoms with van der Waals surface area (Å²) in [6.07, 6.45) is 0. The molecular formula is C8H6BiCl3Zr. The van der Waals surface area contributed by atoms with E-state index in [0.29, 0.717) is 0 Å². The van der Waals surface area contributed by atoms with Gasteiger partial charge in [0.15, 0.2) is 0 Å². The molecular weight excluding hydrogens is 503 g/mol. The van der Waals surface area contributed by atoms with Crippen LogP contribution in [0.15, 0.2) is 28.0 Å².